The lowest BCUT2D eigenvalue weighted by Gasteiger charge is -2.43. The Bertz CT molecular complexity index is 588. The van der Waals surface area contributed by atoms with Gasteiger partial charge in [-0.05, 0) is 59.9 Å². The van der Waals surface area contributed by atoms with Crippen molar-refractivity contribution in [3.05, 3.63) is 21.8 Å². The molecule has 3 saturated heterocycles. The lowest BCUT2D eigenvalue weighted by Crippen LogP contribution is -2.46. The van der Waals surface area contributed by atoms with Crippen LogP contribution in [0.3, 0.4) is 0 Å². The Morgan fingerprint density at radius 2 is 2.11 bits per heavy atom. The van der Waals surface area contributed by atoms with E-state index in [9.17, 15) is 0 Å². The monoisotopic (exact) mass is 339 g/mol. The minimum atomic E-state index is 0.437. The number of halogens is 1. The largest absolute Gasteiger partial charge is 0.420 e. The summed E-state index contributed by atoms with van der Waals surface area (Å²) in [7, 11) is 0. The van der Waals surface area contributed by atoms with Crippen molar-refractivity contribution in [2.45, 2.75) is 18.8 Å². The van der Waals surface area contributed by atoms with Gasteiger partial charge in [0.25, 0.3) is 5.89 Å². The summed E-state index contributed by atoms with van der Waals surface area (Å²) in [5.41, 5.74) is 0. The average molecular weight is 340 g/mol. The highest BCUT2D eigenvalue weighted by Gasteiger charge is 2.38. The van der Waals surface area contributed by atoms with Gasteiger partial charge in [-0.1, -0.05) is 0 Å². The van der Waals surface area contributed by atoms with Crippen LogP contribution in [0.15, 0.2) is 20.3 Å². The molecule has 0 aliphatic carbocycles. The highest BCUT2D eigenvalue weighted by molar-refractivity contribution is 9.11. The summed E-state index contributed by atoms with van der Waals surface area (Å²) in [6.07, 6.45) is 2.54. The van der Waals surface area contributed by atoms with Crippen LogP contribution in [-0.2, 0) is 0 Å². The molecule has 4 nitrogen and oxygen atoms in total. The van der Waals surface area contributed by atoms with Gasteiger partial charge in [0.15, 0.2) is 0 Å². The Balaban J connectivity index is 1.61. The normalized spacial score (nSPS) is 29.8. The lowest BCUT2D eigenvalue weighted by atomic mass is 9.79. The number of hydrogen-bond donors (Lipinski definition) is 0. The Kier molecular flexibility index (Phi) is 2.97. The third-order valence-electron chi connectivity index (χ3n) is 4.20. The van der Waals surface area contributed by atoms with E-state index in [-0.39, 0.29) is 0 Å². The predicted molar refractivity (Wildman–Crippen MR) is 77.2 cm³/mol. The molecular formula is C13H14BrN3OS. The summed E-state index contributed by atoms with van der Waals surface area (Å²) in [6, 6.07) is 4.03. The molecule has 3 fully saturated rings. The number of nitrogens with zero attached hydrogens (tertiary/aromatic N) is 3. The first-order chi connectivity index (χ1) is 9.29. The zero-order chi connectivity index (χ0) is 12.8. The molecule has 0 amide bonds. The number of piperidine rings is 3. The molecule has 2 aromatic heterocycles. The molecule has 1 atom stereocenters. The molecule has 3 aliphatic rings. The van der Waals surface area contributed by atoms with Gasteiger partial charge in [0, 0.05) is 6.54 Å². The van der Waals surface area contributed by atoms with Crippen molar-refractivity contribution in [3.8, 4) is 10.8 Å². The standard InChI is InChI=1S/C13H14BrN3OS/c14-11-2-1-10(19-11)13-16-15-12(18-13)9-7-17-5-3-8(9)4-6-17/h1-2,8-9H,3-7H2. The maximum Gasteiger partial charge on any atom is 0.257 e. The molecule has 2 aromatic rings. The van der Waals surface area contributed by atoms with Crippen LogP contribution < -0.4 is 0 Å². The van der Waals surface area contributed by atoms with E-state index in [0.717, 1.165) is 27.0 Å². The predicted octanol–water partition coefficient (Wildman–Crippen LogP) is 3.37. The Hall–Kier alpha value is -0.720. The first-order valence-electron chi connectivity index (χ1n) is 6.61. The molecule has 0 radical (unpaired) electrons. The van der Waals surface area contributed by atoms with Gasteiger partial charge in [-0.3, -0.25) is 0 Å². The van der Waals surface area contributed by atoms with E-state index in [0.29, 0.717) is 11.8 Å². The van der Waals surface area contributed by atoms with Gasteiger partial charge < -0.3 is 9.32 Å². The number of fused-ring (bicyclic) bond motifs is 3. The molecule has 0 saturated carbocycles. The minimum absolute atomic E-state index is 0.437. The van der Waals surface area contributed by atoms with Crippen LogP contribution in [-0.4, -0.2) is 34.7 Å². The SMILES string of the molecule is Brc1ccc(-c2nnc(C3CN4CCC3CC4)o2)s1. The van der Waals surface area contributed by atoms with E-state index >= 15 is 0 Å². The van der Waals surface area contributed by atoms with Gasteiger partial charge >= 0.3 is 0 Å². The van der Waals surface area contributed by atoms with Crippen molar-refractivity contribution in [1.29, 1.82) is 0 Å². The fraction of sp³-hybridized carbons (Fsp3) is 0.538. The van der Waals surface area contributed by atoms with Crippen LogP contribution in [0.5, 0.6) is 0 Å². The smallest absolute Gasteiger partial charge is 0.257 e. The zero-order valence-electron chi connectivity index (χ0n) is 10.4. The fourth-order valence-corrected chi connectivity index (χ4v) is 4.47. The number of hydrogen-bond acceptors (Lipinski definition) is 5. The van der Waals surface area contributed by atoms with Gasteiger partial charge in [0.2, 0.25) is 5.89 Å². The van der Waals surface area contributed by atoms with Crippen LogP contribution in [0, 0.1) is 5.92 Å². The number of thiophene rings is 1. The summed E-state index contributed by atoms with van der Waals surface area (Å²) < 4.78 is 7.00. The molecule has 5 rings (SSSR count). The van der Waals surface area contributed by atoms with Crippen LogP contribution in [0.25, 0.3) is 10.8 Å². The van der Waals surface area contributed by atoms with E-state index in [2.05, 4.69) is 31.0 Å². The summed E-state index contributed by atoms with van der Waals surface area (Å²) >= 11 is 5.09. The quantitative estimate of drug-likeness (QED) is 0.841. The second-order valence-electron chi connectivity index (χ2n) is 5.29. The molecule has 19 heavy (non-hydrogen) atoms. The summed E-state index contributed by atoms with van der Waals surface area (Å²) in [4.78, 5) is 3.54. The highest BCUT2D eigenvalue weighted by atomic mass is 79.9. The van der Waals surface area contributed by atoms with Crippen molar-refractivity contribution in [3.63, 3.8) is 0 Å². The van der Waals surface area contributed by atoms with E-state index in [1.807, 2.05) is 12.1 Å². The number of aromatic nitrogens is 2. The molecule has 2 bridgehead atoms. The maximum atomic E-state index is 5.92. The molecule has 0 N–H and O–H groups in total. The molecule has 100 valence electrons. The van der Waals surface area contributed by atoms with Gasteiger partial charge in [0.1, 0.15) is 0 Å². The minimum Gasteiger partial charge on any atom is -0.420 e. The summed E-state index contributed by atoms with van der Waals surface area (Å²) in [5.74, 6) is 2.65. The van der Waals surface area contributed by atoms with Crippen molar-refractivity contribution in [1.82, 2.24) is 15.1 Å². The second kappa shape index (κ2) is 4.68. The first-order valence-corrected chi connectivity index (χ1v) is 8.22. The van der Waals surface area contributed by atoms with E-state index in [1.54, 1.807) is 11.3 Å². The van der Waals surface area contributed by atoms with Crippen molar-refractivity contribution < 1.29 is 4.42 Å². The van der Waals surface area contributed by atoms with Gasteiger partial charge in [-0.2, -0.15) is 0 Å². The lowest BCUT2D eigenvalue weighted by molar-refractivity contribution is 0.0758. The van der Waals surface area contributed by atoms with Crippen LogP contribution in [0.4, 0.5) is 0 Å². The van der Waals surface area contributed by atoms with Crippen molar-refractivity contribution in [2.75, 3.05) is 19.6 Å². The Labute approximate surface area is 124 Å². The topological polar surface area (TPSA) is 42.2 Å². The molecular weight excluding hydrogens is 326 g/mol. The Morgan fingerprint density at radius 1 is 1.26 bits per heavy atom. The van der Waals surface area contributed by atoms with Gasteiger partial charge in [-0.15, -0.1) is 21.5 Å². The first kappa shape index (κ1) is 12.1. The average Bonchev–Trinajstić information content (AvgIpc) is 3.08. The van der Waals surface area contributed by atoms with Crippen LogP contribution in [0.1, 0.15) is 24.7 Å². The Morgan fingerprint density at radius 3 is 2.74 bits per heavy atom. The molecule has 0 spiro atoms. The van der Waals surface area contributed by atoms with Gasteiger partial charge in [-0.25, -0.2) is 0 Å². The third-order valence-corrected chi connectivity index (χ3v) is 5.81. The molecule has 0 aromatic carbocycles. The second-order valence-corrected chi connectivity index (χ2v) is 7.76. The zero-order valence-corrected chi connectivity index (χ0v) is 12.8. The fourth-order valence-electron chi connectivity index (χ4n) is 3.16. The van der Waals surface area contributed by atoms with E-state index < -0.39 is 0 Å². The number of rotatable bonds is 2. The van der Waals surface area contributed by atoms with E-state index in [1.165, 1.54) is 25.9 Å². The highest BCUT2D eigenvalue weighted by Crippen LogP contribution is 2.39. The van der Waals surface area contributed by atoms with E-state index in [4.69, 9.17) is 4.42 Å². The van der Waals surface area contributed by atoms with Crippen molar-refractivity contribution >= 4 is 27.3 Å². The molecule has 3 aliphatic heterocycles. The summed E-state index contributed by atoms with van der Waals surface area (Å²) in [6.45, 7) is 3.56. The maximum absolute atomic E-state index is 5.92. The third kappa shape index (κ3) is 2.15. The van der Waals surface area contributed by atoms with Crippen LogP contribution in [0.2, 0.25) is 0 Å². The molecule has 5 heterocycles. The van der Waals surface area contributed by atoms with Crippen LogP contribution >= 0.6 is 27.3 Å². The summed E-state index contributed by atoms with van der Waals surface area (Å²) in [5, 5.41) is 8.51. The van der Waals surface area contributed by atoms with Gasteiger partial charge in [0.05, 0.1) is 14.6 Å². The molecule has 1 unspecified atom stereocenters. The van der Waals surface area contributed by atoms with Crippen molar-refractivity contribution in [2.24, 2.45) is 5.92 Å². The molecule has 6 heteroatoms.